The predicted octanol–water partition coefficient (Wildman–Crippen LogP) is 3.49. The molecule has 2 rings (SSSR count). The average molecular weight is 286 g/mol. The number of halogens is 1. The first-order valence-electron chi connectivity index (χ1n) is 6.24. The molecule has 0 spiro atoms. The number of nitrogens with zero attached hydrogens (tertiary/aromatic N) is 3. The van der Waals surface area contributed by atoms with Gasteiger partial charge < -0.3 is 4.57 Å². The Morgan fingerprint density at radius 3 is 2.50 bits per heavy atom. The zero-order valence-corrected chi connectivity index (χ0v) is 11.7. The summed E-state index contributed by atoms with van der Waals surface area (Å²) >= 11 is 3.47. The number of hydrogen-bond donors (Lipinski definition) is 0. The topological polar surface area (TPSA) is 30.7 Å². The maximum Gasteiger partial charge on any atom is 0.143 e. The van der Waals surface area contributed by atoms with Crippen LogP contribution in [-0.4, -0.2) is 14.8 Å². The van der Waals surface area contributed by atoms with Crippen LogP contribution in [0.25, 0.3) is 0 Å². The van der Waals surface area contributed by atoms with Crippen LogP contribution in [0.2, 0.25) is 0 Å². The fourth-order valence-corrected chi connectivity index (χ4v) is 3.03. The fraction of sp³-hybridized carbons (Fsp3) is 0.833. The van der Waals surface area contributed by atoms with Crippen LogP contribution < -0.4 is 0 Å². The second-order valence-corrected chi connectivity index (χ2v) is 5.37. The smallest absolute Gasteiger partial charge is 0.143 e. The molecule has 16 heavy (non-hydrogen) atoms. The van der Waals surface area contributed by atoms with E-state index < -0.39 is 0 Å². The van der Waals surface area contributed by atoms with Gasteiger partial charge in [0.15, 0.2) is 0 Å². The summed E-state index contributed by atoms with van der Waals surface area (Å²) in [6.07, 6.45) is 5.24. The Morgan fingerprint density at radius 2 is 1.94 bits per heavy atom. The van der Waals surface area contributed by atoms with Crippen molar-refractivity contribution in [2.75, 3.05) is 0 Å². The summed E-state index contributed by atoms with van der Waals surface area (Å²) in [4.78, 5) is 0. The van der Waals surface area contributed by atoms with E-state index in [4.69, 9.17) is 0 Å². The van der Waals surface area contributed by atoms with E-state index in [0.29, 0.717) is 5.92 Å². The predicted molar refractivity (Wildman–Crippen MR) is 68.7 cm³/mol. The second kappa shape index (κ2) is 5.30. The van der Waals surface area contributed by atoms with Gasteiger partial charge in [-0.3, -0.25) is 0 Å². The second-order valence-electron chi connectivity index (χ2n) is 4.81. The molecule has 4 heteroatoms. The van der Waals surface area contributed by atoms with Crippen molar-refractivity contribution in [1.29, 1.82) is 0 Å². The molecule has 1 fully saturated rings. The van der Waals surface area contributed by atoms with Crippen LogP contribution in [0.3, 0.4) is 0 Å². The van der Waals surface area contributed by atoms with Gasteiger partial charge in [0.2, 0.25) is 0 Å². The lowest BCUT2D eigenvalue weighted by Gasteiger charge is -2.25. The molecule has 1 saturated carbocycles. The first-order chi connectivity index (χ1) is 7.76. The molecule has 3 nitrogen and oxygen atoms in total. The molecule has 90 valence electrons. The Labute approximate surface area is 106 Å². The Balaban J connectivity index is 2.16. The lowest BCUT2D eigenvalue weighted by atomic mass is 9.82. The largest absolute Gasteiger partial charge is 0.314 e. The zero-order valence-electron chi connectivity index (χ0n) is 10.1. The highest BCUT2D eigenvalue weighted by molar-refractivity contribution is 9.08. The van der Waals surface area contributed by atoms with E-state index >= 15 is 0 Å². The monoisotopic (exact) mass is 285 g/mol. The van der Waals surface area contributed by atoms with Crippen LogP contribution in [0.1, 0.15) is 57.1 Å². The highest BCUT2D eigenvalue weighted by Crippen LogP contribution is 2.34. The summed E-state index contributed by atoms with van der Waals surface area (Å²) in [5.74, 6) is 3.81. The van der Waals surface area contributed by atoms with Gasteiger partial charge in [-0.1, -0.05) is 35.7 Å². The van der Waals surface area contributed by atoms with Crippen molar-refractivity contribution in [1.82, 2.24) is 14.8 Å². The van der Waals surface area contributed by atoms with Crippen molar-refractivity contribution in [2.45, 2.75) is 57.3 Å². The third-order valence-electron chi connectivity index (χ3n) is 3.67. The van der Waals surface area contributed by atoms with Gasteiger partial charge >= 0.3 is 0 Å². The van der Waals surface area contributed by atoms with E-state index in [2.05, 4.69) is 44.5 Å². The van der Waals surface area contributed by atoms with E-state index in [0.717, 1.165) is 23.6 Å². The van der Waals surface area contributed by atoms with E-state index in [1.54, 1.807) is 0 Å². The summed E-state index contributed by atoms with van der Waals surface area (Å²) in [6.45, 7) is 5.50. The highest BCUT2D eigenvalue weighted by atomic mass is 79.9. The van der Waals surface area contributed by atoms with Gasteiger partial charge in [0.1, 0.15) is 11.6 Å². The molecule has 0 amide bonds. The summed E-state index contributed by atoms with van der Waals surface area (Å²) in [6, 6.07) is 0. The first-order valence-corrected chi connectivity index (χ1v) is 7.36. The van der Waals surface area contributed by atoms with Crippen molar-refractivity contribution < 1.29 is 0 Å². The number of alkyl halides is 1. The molecule has 0 aliphatic heterocycles. The molecule has 1 aliphatic rings. The van der Waals surface area contributed by atoms with Crippen LogP contribution in [0.5, 0.6) is 0 Å². The van der Waals surface area contributed by atoms with Gasteiger partial charge in [-0.2, -0.15) is 0 Å². The molecule has 0 radical (unpaired) electrons. The van der Waals surface area contributed by atoms with Crippen molar-refractivity contribution in [3.05, 3.63) is 11.6 Å². The van der Waals surface area contributed by atoms with Crippen LogP contribution in [0, 0.1) is 5.92 Å². The summed E-state index contributed by atoms with van der Waals surface area (Å²) in [5, 5.41) is 9.46. The zero-order chi connectivity index (χ0) is 11.5. The molecule has 0 N–H and O–H groups in total. The maximum absolute atomic E-state index is 4.39. The van der Waals surface area contributed by atoms with Crippen molar-refractivity contribution in [2.24, 2.45) is 5.92 Å². The maximum atomic E-state index is 4.39. The van der Waals surface area contributed by atoms with Crippen LogP contribution >= 0.6 is 15.9 Å². The molecule has 0 unspecified atom stereocenters. The average Bonchev–Trinajstić information content (AvgIpc) is 2.72. The standard InChI is InChI=1S/C12H20BrN3/c1-3-16-11(8-13)14-15-12(16)10-6-4-9(2)5-7-10/h9-10H,3-8H2,1-2H3. The van der Waals surface area contributed by atoms with Gasteiger partial charge in [-0.05, 0) is 25.7 Å². The number of hydrogen-bond acceptors (Lipinski definition) is 2. The molecule has 1 heterocycles. The normalized spacial score (nSPS) is 25.9. The van der Waals surface area contributed by atoms with Gasteiger partial charge in [0, 0.05) is 12.5 Å². The minimum Gasteiger partial charge on any atom is -0.314 e. The summed E-state index contributed by atoms with van der Waals surface area (Å²) in [7, 11) is 0. The molecule has 1 aliphatic carbocycles. The van der Waals surface area contributed by atoms with Crippen LogP contribution in [0.15, 0.2) is 0 Å². The molecule has 0 atom stereocenters. The van der Waals surface area contributed by atoms with E-state index in [-0.39, 0.29) is 0 Å². The molecule has 1 aromatic rings. The Kier molecular flexibility index (Phi) is 4.00. The van der Waals surface area contributed by atoms with Crippen LogP contribution in [-0.2, 0) is 11.9 Å². The van der Waals surface area contributed by atoms with Crippen molar-refractivity contribution in [3.63, 3.8) is 0 Å². The molecule has 0 bridgehead atoms. The fourth-order valence-electron chi connectivity index (χ4n) is 2.61. The van der Waals surface area contributed by atoms with Crippen molar-refractivity contribution in [3.8, 4) is 0 Å². The lowest BCUT2D eigenvalue weighted by Crippen LogP contribution is -2.16. The van der Waals surface area contributed by atoms with Crippen molar-refractivity contribution >= 4 is 15.9 Å². The van der Waals surface area contributed by atoms with E-state index in [1.807, 2.05) is 0 Å². The third kappa shape index (κ3) is 2.31. The van der Waals surface area contributed by atoms with Gasteiger partial charge in [0.05, 0.1) is 5.33 Å². The minimum atomic E-state index is 0.636. The lowest BCUT2D eigenvalue weighted by molar-refractivity contribution is 0.333. The Hall–Kier alpha value is -0.380. The van der Waals surface area contributed by atoms with Gasteiger partial charge in [-0.15, -0.1) is 10.2 Å². The van der Waals surface area contributed by atoms with E-state index in [1.165, 1.54) is 31.5 Å². The quantitative estimate of drug-likeness (QED) is 0.796. The molecular formula is C12H20BrN3. The summed E-state index contributed by atoms with van der Waals surface area (Å²) < 4.78 is 2.27. The third-order valence-corrected chi connectivity index (χ3v) is 4.17. The summed E-state index contributed by atoms with van der Waals surface area (Å²) in [5.41, 5.74) is 0. The molecule has 1 aromatic heterocycles. The minimum absolute atomic E-state index is 0.636. The Morgan fingerprint density at radius 1 is 1.25 bits per heavy atom. The van der Waals surface area contributed by atoms with Crippen LogP contribution in [0.4, 0.5) is 0 Å². The van der Waals surface area contributed by atoms with Gasteiger partial charge in [0.25, 0.3) is 0 Å². The highest BCUT2D eigenvalue weighted by Gasteiger charge is 2.24. The van der Waals surface area contributed by atoms with Gasteiger partial charge in [-0.25, -0.2) is 0 Å². The Bertz CT molecular complexity index is 340. The molecule has 0 aromatic carbocycles. The van der Waals surface area contributed by atoms with E-state index in [9.17, 15) is 0 Å². The SMILES string of the molecule is CCn1c(CBr)nnc1C1CCC(C)CC1. The first kappa shape index (κ1) is 12.1. The number of rotatable bonds is 3. The molecule has 0 saturated heterocycles. The molecular weight excluding hydrogens is 266 g/mol. The number of aromatic nitrogens is 3.